The largest absolute Gasteiger partial charge is 0.240 e. The number of halogens is 3. The third-order valence-electron chi connectivity index (χ3n) is 3.44. The molecule has 0 radical (unpaired) electrons. The fourth-order valence-electron chi connectivity index (χ4n) is 2.31. The van der Waals surface area contributed by atoms with Gasteiger partial charge < -0.3 is 0 Å². The van der Waals surface area contributed by atoms with Crippen molar-refractivity contribution in [1.29, 1.82) is 0 Å². The molecular formula is C13H16BrCl2NO2S. The van der Waals surface area contributed by atoms with E-state index in [1.165, 1.54) is 18.2 Å². The second-order valence-electron chi connectivity index (χ2n) is 4.96. The lowest BCUT2D eigenvalue weighted by Crippen LogP contribution is -2.40. The maximum Gasteiger partial charge on any atom is 0.240 e. The quantitative estimate of drug-likeness (QED) is 0.604. The Kier molecular flexibility index (Phi) is 5.77. The molecule has 1 saturated carbocycles. The molecule has 20 heavy (non-hydrogen) atoms. The third-order valence-corrected chi connectivity index (χ3v) is 6.76. The Labute approximate surface area is 138 Å². The Morgan fingerprint density at radius 3 is 2.50 bits per heavy atom. The molecule has 0 amide bonds. The van der Waals surface area contributed by atoms with Crippen LogP contribution in [0.25, 0.3) is 0 Å². The fourth-order valence-corrected chi connectivity index (χ4v) is 4.90. The van der Waals surface area contributed by atoms with Crippen LogP contribution in [-0.2, 0) is 10.0 Å². The minimum absolute atomic E-state index is 0.0862. The van der Waals surface area contributed by atoms with Crippen LogP contribution in [0.15, 0.2) is 23.1 Å². The molecule has 0 spiro atoms. The van der Waals surface area contributed by atoms with Crippen molar-refractivity contribution in [2.24, 2.45) is 0 Å². The highest BCUT2D eigenvalue weighted by atomic mass is 79.9. The second-order valence-corrected chi connectivity index (χ2v) is 8.66. The summed E-state index contributed by atoms with van der Waals surface area (Å²) < 4.78 is 27.5. The summed E-state index contributed by atoms with van der Waals surface area (Å²) in [5.41, 5.74) is 0. The topological polar surface area (TPSA) is 46.2 Å². The van der Waals surface area contributed by atoms with E-state index >= 15 is 0 Å². The monoisotopic (exact) mass is 399 g/mol. The number of hydrogen-bond acceptors (Lipinski definition) is 2. The van der Waals surface area contributed by atoms with Crippen molar-refractivity contribution >= 4 is 49.2 Å². The molecule has 0 aromatic heterocycles. The Balaban J connectivity index is 2.19. The summed E-state index contributed by atoms with van der Waals surface area (Å²) in [6.45, 7) is 0. The highest BCUT2D eigenvalue weighted by Gasteiger charge is 2.27. The summed E-state index contributed by atoms with van der Waals surface area (Å²) in [6.07, 6.45) is 5.13. The summed E-state index contributed by atoms with van der Waals surface area (Å²) in [4.78, 5) is 0.318. The maximum absolute atomic E-state index is 12.4. The van der Waals surface area contributed by atoms with Crippen molar-refractivity contribution in [3.8, 4) is 0 Å². The van der Waals surface area contributed by atoms with Crippen LogP contribution in [0.2, 0.25) is 10.0 Å². The lowest BCUT2D eigenvalue weighted by molar-refractivity contribution is 0.521. The predicted octanol–water partition coefficient (Wildman–Crippen LogP) is 4.37. The van der Waals surface area contributed by atoms with Crippen molar-refractivity contribution in [3.05, 3.63) is 28.2 Å². The van der Waals surface area contributed by atoms with Crippen molar-refractivity contribution in [2.75, 3.05) is 0 Å². The van der Waals surface area contributed by atoms with Crippen LogP contribution in [-0.4, -0.2) is 19.3 Å². The second kappa shape index (κ2) is 6.97. The number of alkyl halides is 1. The summed E-state index contributed by atoms with van der Waals surface area (Å²) in [5, 5.41) is 0.587. The molecule has 2 rings (SSSR count). The van der Waals surface area contributed by atoms with Crippen molar-refractivity contribution in [2.45, 2.75) is 47.9 Å². The van der Waals surface area contributed by atoms with Crippen LogP contribution >= 0.6 is 39.1 Å². The Morgan fingerprint density at radius 1 is 1.10 bits per heavy atom. The third kappa shape index (κ3) is 4.10. The van der Waals surface area contributed by atoms with Crippen LogP contribution < -0.4 is 4.72 Å². The normalized spacial score (nSPS) is 24.4. The van der Waals surface area contributed by atoms with E-state index in [1.54, 1.807) is 0 Å². The van der Waals surface area contributed by atoms with Gasteiger partial charge in [0.05, 0.1) is 14.9 Å². The zero-order chi connectivity index (χ0) is 14.8. The van der Waals surface area contributed by atoms with Crippen LogP contribution in [0.1, 0.15) is 32.1 Å². The molecule has 112 valence electrons. The van der Waals surface area contributed by atoms with Gasteiger partial charge in [0.25, 0.3) is 0 Å². The van der Waals surface area contributed by atoms with Gasteiger partial charge in [0.1, 0.15) is 0 Å². The molecule has 0 saturated heterocycles. The zero-order valence-corrected chi connectivity index (χ0v) is 14.7. The molecule has 1 aliphatic carbocycles. The smallest absolute Gasteiger partial charge is 0.207 e. The number of nitrogens with one attached hydrogen (secondary N) is 1. The number of benzene rings is 1. The minimum atomic E-state index is -3.57. The molecule has 1 N–H and O–H groups in total. The minimum Gasteiger partial charge on any atom is -0.207 e. The maximum atomic E-state index is 12.4. The molecule has 1 aliphatic rings. The molecule has 2 atom stereocenters. The van der Waals surface area contributed by atoms with E-state index in [9.17, 15) is 8.42 Å². The van der Waals surface area contributed by atoms with E-state index in [1.807, 2.05) is 0 Å². The standard InChI is InChI=1S/C13H16BrCl2NO2S/c14-10-4-2-1-3-5-13(10)17-20(18,19)9-6-7-11(15)12(16)8-9/h6-8,10,13,17H,1-5H2. The van der Waals surface area contributed by atoms with Gasteiger partial charge in [-0.25, -0.2) is 13.1 Å². The summed E-state index contributed by atoms with van der Waals surface area (Å²) in [5.74, 6) is 0. The highest BCUT2D eigenvalue weighted by Crippen LogP contribution is 2.27. The SMILES string of the molecule is O=S(=O)(NC1CCCCCC1Br)c1ccc(Cl)c(Cl)c1. The fraction of sp³-hybridized carbons (Fsp3) is 0.538. The van der Waals surface area contributed by atoms with Crippen molar-refractivity contribution < 1.29 is 8.42 Å². The first-order chi connectivity index (χ1) is 9.40. The number of rotatable bonds is 3. The van der Waals surface area contributed by atoms with Crippen LogP contribution in [0.4, 0.5) is 0 Å². The lowest BCUT2D eigenvalue weighted by atomic mass is 10.1. The Hall–Kier alpha value is 0.190. The molecule has 1 aromatic rings. The van der Waals surface area contributed by atoms with E-state index in [4.69, 9.17) is 23.2 Å². The van der Waals surface area contributed by atoms with Crippen LogP contribution in [0.3, 0.4) is 0 Å². The molecule has 1 aromatic carbocycles. The molecule has 0 bridgehead atoms. The molecular weight excluding hydrogens is 385 g/mol. The molecule has 7 heteroatoms. The van der Waals surface area contributed by atoms with E-state index in [2.05, 4.69) is 20.7 Å². The first kappa shape index (κ1) is 16.6. The molecule has 0 aliphatic heterocycles. The van der Waals surface area contributed by atoms with E-state index in [0.717, 1.165) is 32.1 Å². The first-order valence-electron chi connectivity index (χ1n) is 6.51. The van der Waals surface area contributed by atoms with Gasteiger partial charge in [-0.2, -0.15) is 0 Å². The number of sulfonamides is 1. The number of hydrogen-bond donors (Lipinski definition) is 1. The van der Waals surface area contributed by atoms with E-state index in [-0.39, 0.29) is 20.8 Å². The zero-order valence-electron chi connectivity index (χ0n) is 10.8. The summed E-state index contributed by atoms with van der Waals surface area (Å²) >= 11 is 15.3. The lowest BCUT2D eigenvalue weighted by Gasteiger charge is -2.21. The van der Waals surface area contributed by atoms with Crippen molar-refractivity contribution in [3.63, 3.8) is 0 Å². The van der Waals surface area contributed by atoms with Crippen LogP contribution in [0.5, 0.6) is 0 Å². The highest BCUT2D eigenvalue weighted by molar-refractivity contribution is 9.09. The van der Waals surface area contributed by atoms with Gasteiger partial charge in [-0.15, -0.1) is 0 Å². The predicted molar refractivity (Wildman–Crippen MR) is 86.4 cm³/mol. The van der Waals surface area contributed by atoms with Crippen LogP contribution in [0, 0.1) is 0 Å². The Bertz CT molecular complexity index is 580. The van der Waals surface area contributed by atoms with E-state index in [0.29, 0.717) is 5.02 Å². The van der Waals surface area contributed by atoms with E-state index < -0.39 is 10.0 Å². The van der Waals surface area contributed by atoms with Gasteiger partial charge in [-0.3, -0.25) is 0 Å². The summed E-state index contributed by atoms with van der Waals surface area (Å²) in [7, 11) is -3.57. The van der Waals surface area contributed by atoms with Gasteiger partial charge in [0, 0.05) is 10.9 Å². The van der Waals surface area contributed by atoms with Gasteiger partial charge in [0.15, 0.2) is 0 Å². The van der Waals surface area contributed by atoms with Gasteiger partial charge in [-0.1, -0.05) is 58.4 Å². The van der Waals surface area contributed by atoms with Gasteiger partial charge in [0.2, 0.25) is 10.0 Å². The molecule has 2 unspecified atom stereocenters. The van der Waals surface area contributed by atoms with Gasteiger partial charge in [-0.05, 0) is 31.0 Å². The summed E-state index contributed by atoms with van der Waals surface area (Å²) in [6, 6.07) is 4.26. The average molecular weight is 401 g/mol. The van der Waals surface area contributed by atoms with Crippen molar-refractivity contribution in [1.82, 2.24) is 4.72 Å². The van der Waals surface area contributed by atoms with Gasteiger partial charge >= 0.3 is 0 Å². The molecule has 3 nitrogen and oxygen atoms in total. The molecule has 0 heterocycles. The first-order valence-corrected chi connectivity index (χ1v) is 9.67. The Morgan fingerprint density at radius 2 is 1.80 bits per heavy atom. The molecule has 1 fully saturated rings. The average Bonchev–Trinajstić information content (AvgIpc) is 2.58.